The monoisotopic (exact) mass is 172 g/mol. The summed E-state index contributed by atoms with van der Waals surface area (Å²) in [6.45, 7) is 5.73. The highest BCUT2D eigenvalue weighted by Crippen LogP contribution is 2.29. The lowest BCUT2D eigenvalue weighted by Gasteiger charge is -2.16. The molecule has 0 aliphatic carbocycles. The van der Waals surface area contributed by atoms with E-state index in [1.54, 1.807) is 0 Å². The van der Waals surface area contributed by atoms with Crippen LogP contribution in [0.5, 0.6) is 0 Å². The predicted molar refractivity (Wildman–Crippen MR) is 44.8 cm³/mol. The molecule has 3 heteroatoms. The Morgan fingerprint density at radius 3 is 2.58 bits per heavy atom. The Hall–Kier alpha value is -0.410. The molecule has 1 unspecified atom stereocenters. The minimum atomic E-state index is -0.592. The number of hydrogen-bond acceptors (Lipinski definition) is 3. The van der Waals surface area contributed by atoms with Crippen molar-refractivity contribution < 1.29 is 14.3 Å². The molecule has 0 bridgehead atoms. The average Bonchev–Trinajstić information content (AvgIpc) is 2.26. The van der Waals surface area contributed by atoms with Crippen molar-refractivity contribution in [3.05, 3.63) is 0 Å². The van der Waals surface area contributed by atoms with E-state index in [1.165, 1.54) is 0 Å². The van der Waals surface area contributed by atoms with Crippen LogP contribution in [0.1, 0.15) is 33.6 Å². The first-order chi connectivity index (χ1) is 5.59. The highest BCUT2D eigenvalue weighted by molar-refractivity contribution is 5.57. The summed E-state index contributed by atoms with van der Waals surface area (Å²) < 4.78 is 10.9. The number of hydrogen-bond donors (Lipinski definition) is 0. The maximum absolute atomic E-state index is 10.6. The fraction of sp³-hybridized carbons (Fsp3) is 0.889. The van der Waals surface area contributed by atoms with E-state index < -0.39 is 5.79 Å². The molecule has 0 spiro atoms. The molecule has 1 saturated heterocycles. The highest BCUT2D eigenvalue weighted by Gasteiger charge is 2.40. The topological polar surface area (TPSA) is 35.5 Å². The van der Waals surface area contributed by atoms with Crippen LogP contribution in [0.25, 0.3) is 0 Å². The summed E-state index contributed by atoms with van der Waals surface area (Å²) in [4.78, 5) is 10.6. The highest BCUT2D eigenvalue weighted by atomic mass is 16.8. The average molecular weight is 172 g/mol. The van der Waals surface area contributed by atoms with Crippen molar-refractivity contribution in [2.24, 2.45) is 0 Å². The summed E-state index contributed by atoms with van der Waals surface area (Å²) in [5.41, 5.74) is 0. The number of carbonyl (C=O) groups excluding carboxylic acids is 1. The van der Waals surface area contributed by atoms with Gasteiger partial charge in [0.25, 0.3) is 0 Å². The Morgan fingerprint density at radius 1 is 1.42 bits per heavy atom. The summed E-state index contributed by atoms with van der Waals surface area (Å²) in [5.74, 6) is -0.592. The zero-order chi connectivity index (χ0) is 9.19. The van der Waals surface area contributed by atoms with Gasteiger partial charge in [-0.1, -0.05) is 13.3 Å². The number of ether oxygens (including phenoxy) is 2. The van der Waals surface area contributed by atoms with Crippen LogP contribution in [-0.2, 0) is 14.3 Å². The van der Waals surface area contributed by atoms with E-state index in [-0.39, 0.29) is 12.2 Å². The smallest absolute Gasteiger partial charge is 0.164 e. The molecule has 0 aromatic heterocycles. The number of carbonyl (C=O) groups is 1. The first-order valence-electron chi connectivity index (χ1n) is 4.40. The first kappa shape index (κ1) is 9.68. The summed E-state index contributed by atoms with van der Waals surface area (Å²) >= 11 is 0. The maximum Gasteiger partial charge on any atom is 0.164 e. The summed E-state index contributed by atoms with van der Waals surface area (Å²) in [6, 6.07) is 0. The van der Waals surface area contributed by atoms with Crippen LogP contribution in [-0.4, -0.2) is 24.3 Å². The molecular formula is C9H16O3. The Kier molecular flexibility index (Phi) is 2.85. The second-order valence-corrected chi connectivity index (χ2v) is 3.56. The van der Waals surface area contributed by atoms with Gasteiger partial charge in [-0.2, -0.15) is 0 Å². The number of rotatable bonds is 3. The molecule has 2 atom stereocenters. The van der Waals surface area contributed by atoms with Gasteiger partial charge in [0.2, 0.25) is 0 Å². The molecule has 70 valence electrons. The predicted octanol–water partition coefficient (Wildman–Crippen LogP) is 1.51. The van der Waals surface area contributed by atoms with E-state index >= 15 is 0 Å². The van der Waals surface area contributed by atoms with Crippen LogP contribution in [0.3, 0.4) is 0 Å². The molecular weight excluding hydrogens is 156 g/mol. The molecule has 0 saturated carbocycles. The van der Waals surface area contributed by atoms with Crippen molar-refractivity contribution in [1.82, 2.24) is 0 Å². The van der Waals surface area contributed by atoms with Gasteiger partial charge in [-0.25, -0.2) is 0 Å². The van der Waals surface area contributed by atoms with E-state index in [2.05, 4.69) is 6.92 Å². The van der Waals surface area contributed by atoms with E-state index in [1.807, 2.05) is 13.8 Å². The zero-order valence-corrected chi connectivity index (χ0v) is 7.87. The van der Waals surface area contributed by atoms with E-state index in [0.717, 1.165) is 19.1 Å². The molecule has 0 aromatic carbocycles. The van der Waals surface area contributed by atoms with Crippen LogP contribution >= 0.6 is 0 Å². The SMILES string of the molecule is CCC[C@@H]1OC(C)(C)OC1C=O. The van der Waals surface area contributed by atoms with Crippen LogP contribution in [0.2, 0.25) is 0 Å². The van der Waals surface area contributed by atoms with Crippen LogP contribution < -0.4 is 0 Å². The fourth-order valence-electron chi connectivity index (χ4n) is 1.49. The minimum Gasteiger partial charge on any atom is -0.344 e. The molecule has 1 heterocycles. The molecule has 0 N–H and O–H groups in total. The van der Waals surface area contributed by atoms with Crippen molar-refractivity contribution in [1.29, 1.82) is 0 Å². The molecule has 3 nitrogen and oxygen atoms in total. The maximum atomic E-state index is 10.6. The van der Waals surface area contributed by atoms with Crippen molar-refractivity contribution in [3.8, 4) is 0 Å². The molecule has 12 heavy (non-hydrogen) atoms. The van der Waals surface area contributed by atoms with Crippen LogP contribution in [0, 0.1) is 0 Å². The van der Waals surface area contributed by atoms with Gasteiger partial charge in [-0.05, 0) is 20.3 Å². The largest absolute Gasteiger partial charge is 0.344 e. The summed E-state index contributed by atoms with van der Waals surface area (Å²) in [6.07, 6.45) is 2.29. The third kappa shape index (κ3) is 2.05. The van der Waals surface area contributed by atoms with Gasteiger partial charge in [-0.3, -0.25) is 0 Å². The third-order valence-electron chi connectivity index (χ3n) is 1.93. The second-order valence-electron chi connectivity index (χ2n) is 3.56. The van der Waals surface area contributed by atoms with Gasteiger partial charge in [0.15, 0.2) is 12.1 Å². The molecule has 0 radical (unpaired) electrons. The number of aldehydes is 1. The van der Waals surface area contributed by atoms with Crippen molar-refractivity contribution in [2.45, 2.75) is 51.6 Å². The Morgan fingerprint density at radius 2 is 2.08 bits per heavy atom. The zero-order valence-electron chi connectivity index (χ0n) is 7.87. The van der Waals surface area contributed by atoms with Gasteiger partial charge in [-0.15, -0.1) is 0 Å². The van der Waals surface area contributed by atoms with Gasteiger partial charge in [0.1, 0.15) is 6.10 Å². The summed E-state index contributed by atoms with van der Waals surface area (Å²) in [5, 5.41) is 0. The van der Waals surface area contributed by atoms with Gasteiger partial charge >= 0.3 is 0 Å². The first-order valence-corrected chi connectivity index (χ1v) is 4.40. The minimum absolute atomic E-state index is 0.0532. The fourth-order valence-corrected chi connectivity index (χ4v) is 1.49. The second kappa shape index (κ2) is 3.54. The van der Waals surface area contributed by atoms with Crippen molar-refractivity contribution in [2.75, 3.05) is 0 Å². The van der Waals surface area contributed by atoms with Gasteiger partial charge in [0, 0.05) is 0 Å². The van der Waals surface area contributed by atoms with Crippen LogP contribution in [0.15, 0.2) is 0 Å². The van der Waals surface area contributed by atoms with E-state index in [9.17, 15) is 4.79 Å². The normalized spacial score (nSPS) is 33.6. The summed E-state index contributed by atoms with van der Waals surface area (Å²) in [7, 11) is 0. The molecule has 1 aliphatic rings. The van der Waals surface area contributed by atoms with Gasteiger partial charge < -0.3 is 14.3 Å². The van der Waals surface area contributed by atoms with Crippen molar-refractivity contribution in [3.63, 3.8) is 0 Å². The standard InChI is InChI=1S/C9H16O3/c1-4-5-7-8(6-10)12-9(2,3)11-7/h6-8H,4-5H2,1-3H3/t7-,8?/m0/s1. The van der Waals surface area contributed by atoms with Crippen molar-refractivity contribution >= 4 is 6.29 Å². The van der Waals surface area contributed by atoms with E-state index in [0.29, 0.717) is 0 Å². The molecule has 1 rings (SSSR count). The lowest BCUT2D eigenvalue weighted by molar-refractivity contribution is -0.150. The van der Waals surface area contributed by atoms with Crippen LogP contribution in [0.4, 0.5) is 0 Å². The molecule has 0 aromatic rings. The Bertz CT molecular complexity index is 165. The molecule has 0 amide bonds. The Balaban J connectivity index is 2.56. The lowest BCUT2D eigenvalue weighted by atomic mass is 10.1. The molecule has 1 fully saturated rings. The third-order valence-corrected chi connectivity index (χ3v) is 1.93. The quantitative estimate of drug-likeness (QED) is 0.605. The van der Waals surface area contributed by atoms with Gasteiger partial charge in [0.05, 0.1) is 6.10 Å². The Labute approximate surface area is 73.0 Å². The molecule has 1 aliphatic heterocycles. The van der Waals surface area contributed by atoms with E-state index in [4.69, 9.17) is 9.47 Å². The lowest BCUT2D eigenvalue weighted by Crippen LogP contribution is -2.23.